The summed E-state index contributed by atoms with van der Waals surface area (Å²) in [6.07, 6.45) is -0.00219. The quantitative estimate of drug-likeness (QED) is 0.811. The molecule has 0 spiro atoms. The summed E-state index contributed by atoms with van der Waals surface area (Å²) < 4.78 is 0. The largest absolute Gasteiger partial charge is 0.508 e. The molecule has 2 aromatic rings. The lowest BCUT2D eigenvalue weighted by Crippen LogP contribution is -2.39. The van der Waals surface area contributed by atoms with Gasteiger partial charge in [-0.2, -0.15) is 0 Å². The topological polar surface area (TPSA) is 63.9 Å². The Morgan fingerprint density at radius 2 is 1.70 bits per heavy atom. The first-order valence-corrected chi connectivity index (χ1v) is 7.98. The summed E-state index contributed by atoms with van der Waals surface area (Å²) in [6, 6.07) is 16.2. The first-order chi connectivity index (χ1) is 11.0. The Hall–Kier alpha value is -1.88. The second-order valence-corrected chi connectivity index (χ2v) is 6.40. The van der Waals surface area contributed by atoms with Gasteiger partial charge < -0.3 is 15.3 Å². The normalized spacial score (nSPS) is 24.5. The zero-order valence-electron chi connectivity index (χ0n) is 13.3. The minimum absolute atomic E-state index is 0.114. The number of hydrogen-bond acceptors (Lipinski definition) is 4. The number of nitrogens with zero attached hydrogens (tertiary/aromatic N) is 1. The number of likely N-dealkylation sites (tertiary alicyclic amines) is 1. The van der Waals surface area contributed by atoms with Crippen molar-refractivity contribution in [2.24, 2.45) is 0 Å². The van der Waals surface area contributed by atoms with Crippen LogP contribution in [0.1, 0.15) is 30.6 Å². The van der Waals surface area contributed by atoms with Crippen LogP contribution in [0.5, 0.6) is 5.75 Å². The van der Waals surface area contributed by atoms with E-state index in [4.69, 9.17) is 0 Å². The number of β-amino-alcohol motifs (C(OH)–C–C–N with tert-alkyl or cyclic N) is 1. The summed E-state index contributed by atoms with van der Waals surface area (Å²) in [7, 11) is 0. The number of aromatic hydroxyl groups is 1. The number of aliphatic hydroxyl groups excluding tert-OH is 1. The molecule has 3 rings (SSSR count). The SMILES string of the molecule is C[C@H]([C@@H](O)c1ccc(O)cc1)N1CCC(O)(c2ccccc2)C1. The van der Waals surface area contributed by atoms with Crippen molar-refractivity contribution >= 4 is 0 Å². The lowest BCUT2D eigenvalue weighted by Gasteiger charge is -2.30. The maximum Gasteiger partial charge on any atom is 0.115 e. The molecular formula is C19H23NO3. The molecule has 1 saturated heterocycles. The smallest absolute Gasteiger partial charge is 0.115 e. The Morgan fingerprint density at radius 1 is 1.04 bits per heavy atom. The highest BCUT2D eigenvalue weighted by Crippen LogP contribution is 2.35. The molecule has 1 fully saturated rings. The number of hydrogen-bond donors (Lipinski definition) is 3. The Morgan fingerprint density at radius 3 is 2.35 bits per heavy atom. The molecule has 0 radical (unpaired) electrons. The number of phenols is 1. The molecule has 122 valence electrons. The van der Waals surface area contributed by atoms with Crippen molar-refractivity contribution in [2.45, 2.75) is 31.1 Å². The molecule has 4 heteroatoms. The van der Waals surface area contributed by atoms with E-state index in [1.807, 2.05) is 37.3 Å². The fourth-order valence-corrected chi connectivity index (χ4v) is 3.30. The van der Waals surface area contributed by atoms with E-state index in [2.05, 4.69) is 4.90 Å². The van der Waals surface area contributed by atoms with Gasteiger partial charge >= 0.3 is 0 Å². The number of aliphatic hydroxyl groups is 2. The predicted molar refractivity (Wildman–Crippen MR) is 89.1 cm³/mol. The third kappa shape index (κ3) is 3.24. The summed E-state index contributed by atoms with van der Waals surface area (Å²) in [4.78, 5) is 2.12. The van der Waals surface area contributed by atoms with Crippen LogP contribution in [0.2, 0.25) is 0 Å². The molecule has 4 nitrogen and oxygen atoms in total. The third-order valence-electron chi connectivity index (χ3n) is 4.86. The van der Waals surface area contributed by atoms with E-state index in [1.165, 1.54) is 0 Å². The van der Waals surface area contributed by atoms with Gasteiger partial charge in [0.25, 0.3) is 0 Å². The minimum Gasteiger partial charge on any atom is -0.508 e. The highest BCUT2D eigenvalue weighted by atomic mass is 16.3. The Bertz CT molecular complexity index is 643. The van der Waals surface area contributed by atoms with Gasteiger partial charge in [-0.1, -0.05) is 42.5 Å². The van der Waals surface area contributed by atoms with Crippen LogP contribution in [0, 0.1) is 0 Å². The summed E-state index contributed by atoms with van der Waals surface area (Å²) in [6.45, 7) is 3.21. The molecule has 2 aromatic carbocycles. The summed E-state index contributed by atoms with van der Waals surface area (Å²) in [5.41, 5.74) is 0.837. The maximum atomic E-state index is 10.9. The maximum absolute atomic E-state index is 10.9. The fraction of sp³-hybridized carbons (Fsp3) is 0.368. The van der Waals surface area contributed by atoms with E-state index >= 15 is 0 Å². The molecule has 0 aromatic heterocycles. The number of phenolic OH excluding ortho intramolecular Hbond substituents is 1. The average Bonchev–Trinajstić information content (AvgIpc) is 2.99. The van der Waals surface area contributed by atoms with Gasteiger partial charge in [0, 0.05) is 19.1 Å². The second kappa shape index (κ2) is 6.32. The number of benzene rings is 2. The lowest BCUT2D eigenvalue weighted by molar-refractivity contribution is 0.0212. The van der Waals surface area contributed by atoms with Crippen molar-refractivity contribution in [3.63, 3.8) is 0 Å². The van der Waals surface area contributed by atoms with Crippen molar-refractivity contribution in [3.8, 4) is 5.75 Å². The van der Waals surface area contributed by atoms with Gasteiger partial charge in [0.05, 0.1) is 6.10 Å². The molecule has 1 aliphatic rings. The monoisotopic (exact) mass is 313 g/mol. The standard InChI is InChI=1S/C19H23NO3/c1-14(18(22)15-7-9-17(21)10-8-15)20-12-11-19(23,13-20)16-5-3-2-4-6-16/h2-10,14,18,21-23H,11-13H2,1H3/t14-,18-,19?/m1/s1. The summed E-state index contributed by atoms with van der Waals surface area (Å²) >= 11 is 0. The third-order valence-corrected chi connectivity index (χ3v) is 4.86. The van der Waals surface area contributed by atoms with Crippen molar-refractivity contribution < 1.29 is 15.3 Å². The van der Waals surface area contributed by atoms with E-state index in [9.17, 15) is 15.3 Å². The van der Waals surface area contributed by atoms with Gasteiger partial charge in [0.1, 0.15) is 11.4 Å². The molecule has 23 heavy (non-hydrogen) atoms. The van der Waals surface area contributed by atoms with Crippen LogP contribution in [0.4, 0.5) is 0 Å². The summed E-state index contributed by atoms with van der Waals surface area (Å²) in [5.74, 6) is 0.188. The van der Waals surface area contributed by atoms with Crippen LogP contribution >= 0.6 is 0 Å². The molecule has 0 saturated carbocycles. The van der Waals surface area contributed by atoms with E-state index in [0.29, 0.717) is 13.0 Å². The number of rotatable bonds is 4. The zero-order chi connectivity index (χ0) is 16.4. The van der Waals surface area contributed by atoms with Gasteiger partial charge in [0.2, 0.25) is 0 Å². The van der Waals surface area contributed by atoms with Gasteiger partial charge in [-0.3, -0.25) is 4.90 Å². The van der Waals surface area contributed by atoms with Gasteiger partial charge in [-0.25, -0.2) is 0 Å². The van der Waals surface area contributed by atoms with Gasteiger partial charge in [-0.15, -0.1) is 0 Å². The van der Waals surface area contributed by atoms with Crippen LogP contribution < -0.4 is 0 Å². The van der Waals surface area contributed by atoms with Crippen molar-refractivity contribution in [1.29, 1.82) is 0 Å². The molecule has 3 N–H and O–H groups in total. The molecule has 0 amide bonds. The van der Waals surface area contributed by atoms with Crippen LogP contribution in [0.15, 0.2) is 54.6 Å². The zero-order valence-corrected chi connectivity index (χ0v) is 13.3. The first-order valence-electron chi connectivity index (χ1n) is 7.98. The van der Waals surface area contributed by atoms with E-state index < -0.39 is 11.7 Å². The van der Waals surface area contributed by atoms with Crippen LogP contribution in [-0.2, 0) is 5.60 Å². The average molecular weight is 313 g/mol. The molecule has 1 unspecified atom stereocenters. The van der Waals surface area contributed by atoms with Crippen molar-refractivity contribution in [3.05, 3.63) is 65.7 Å². The Labute approximate surface area is 136 Å². The fourth-order valence-electron chi connectivity index (χ4n) is 3.30. The second-order valence-electron chi connectivity index (χ2n) is 6.40. The van der Waals surface area contributed by atoms with E-state index in [-0.39, 0.29) is 11.8 Å². The molecule has 0 aliphatic carbocycles. The minimum atomic E-state index is -0.857. The van der Waals surface area contributed by atoms with Crippen molar-refractivity contribution in [2.75, 3.05) is 13.1 Å². The summed E-state index contributed by atoms with van der Waals surface area (Å²) in [5, 5.41) is 30.8. The van der Waals surface area contributed by atoms with E-state index in [0.717, 1.165) is 17.7 Å². The Kier molecular flexibility index (Phi) is 4.39. The molecular weight excluding hydrogens is 290 g/mol. The van der Waals surface area contributed by atoms with Gasteiger partial charge in [0.15, 0.2) is 0 Å². The molecule has 0 bridgehead atoms. The molecule has 1 aliphatic heterocycles. The van der Waals surface area contributed by atoms with Gasteiger partial charge in [-0.05, 0) is 36.6 Å². The highest BCUT2D eigenvalue weighted by Gasteiger charge is 2.40. The lowest BCUT2D eigenvalue weighted by atomic mass is 9.93. The highest BCUT2D eigenvalue weighted by molar-refractivity contribution is 5.28. The van der Waals surface area contributed by atoms with E-state index in [1.54, 1.807) is 24.3 Å². The van der Waals surface area contributed by atoms with Crippen molar-refractivity contribution in [1.82, 2.24) is 4.90 Å². The van der Waals surface area contributed by atoms with Crippen LogP contribution in [0.3, 0.4) is 0 Å². The van der Waals surface area contributed by atoms with Crippen LogP contribution in [-0.4, -0.2) is 39.4 Å². The molecule has 1 heterocycles. The Balaban J connectivity index is 1.72. The predicted octanol–water partition coefficient (Wildman–Crippen LogP) is 2.41. The van der Waals surface area contributed by atoms with Crippen LogP contribution in [0.25, 0.3) is 0 Å². The first kappa shape index (κ1) is 16.0. The molecule has 3 atom stereocenters.